The molecule has 0 unspecified atom stereocenters. The van der Waals surface area contributed by atoms with Gasteiger partial charge in [-0.05, 0) is 70.5 Å². The van der Waals surface area contributed by atoms with Crippen molar-refractivity contribution < 1.29 is 19.4 Å². The Labute approximate surface area is 320 Å². The Balaban J connectivity index is 0.949. The molecule has 3 atom stereocenters. The highest BCUT2D eigenvalue weighted by molar-refractivity contribution is 5.75. The van der Waals surface area contributed by atoms with Gasteiger partial charge in [0.2, 0.25) is 0 Å². The largest absolute Gasteiger partial charge is 0.392 e. The van der Waals surface area contributed by atoms with E-state index in [1.54, 1.807) is 0 Å². The maximum Gasteiger partial charge on any atom is 0.326 e. The van der Waals surface area contributed by atoms with E-state index >= 15 is 0 Å². The first kappa shape index (κ1) is 36.5. The maximum atomic E-state index is 12.9. The summed E-state index contributed by atoms with van der Waals surface area (Å²) in [4.78, 5) is 30.9. The van der Waals surface area contributed by atoms with Gasteiger partial charge < -0.3 is 35.1 Å². The van der Waals surface area contributed by atoms with Crippen LogP contribution >= 0.6 is 0 Å². The highest BCUT2D eigenvalue weighted by Gasteiger charge is 2.34. The molecule has 282 valence electrons. The van der Waals surface area contributed by atoms with Crippen molar-refractivity contribution in [2.75, 3.05) is 19.6 Å². The van der Waals surface area contributed by atoms with Gasteiger partial charge in [-0.3, -0.25) is 4.57 Å². The number of piperidine rings is 1. The third-order valence-corrected chi connectivity index (χ3v) is 10.8. The van der Waals surface area contributed by atoms with E-state index in [2.05, 4.69) is 50.8 Å². The first-order chi connectivity index (χ1) is 27.0. The number of nitrogens with one attached hydrogen (secondary N) is 3. The summed E-state index contributed by atoms with van der Waals surface area (Å²) < 4.78 is 15.4. The van der Waals surface area contributed by atoms with Gasteiger partial charge in [-0.2, -0.15) is 0 Å². The van der Waals surface area contributed by atoms with Gasteiger partial charge in [0.1, 0.15) is 0 Å². The van der Waals surface area contributed by atoms with Crippen molar-refractivity contribution in [3.8, 4) is 11.1 Å². The third-order valence-electron chi connectivity index (χ3n) is 10.8. The van der Waals surface area contributed by atoms with Crippen LogP contribution in [0.2, 0.25) is 0 Å². The van der Waals surface area contributed by atoms with E-state index in [1.807, 2.05) is 102 Å². The molecular formula is C45H47N5O5. The molecule has 10 nitrogen and oxygen atoms in total. The molecule has 6 aromatic rings. The van der Waals surface area contributed by atoms with Gasteiger partial charge >= 0.3 is 11.7 Å². The number of aromatic amines is 1. The van der Waals surface area contributed by atoms with Crippen LogP contribution in [0.5, 0.6) is 0 Å². The fourth-order valence-electron chi connectivity index (χ4n) is 7.87. The van der Waals surface area contributed by atoms with Crippen LogP contribution in [0, 0.1) is 0 Å². The summed E-state index contributed by atoms with van der Waals surface area (Å²) in [5.41, 5.74) is 8.74. The number of rotatable bonds is 11. The molecule has 8 rings (SSSR count). The van der Waals surface area contributed by atoms with Crippen molar-refractivity contribution in [2.24, 2.45) is 0 Å². The fourth-order valence-corrected chi connectivity index (χ4v) is 7.87. The number of carbonyl (C=O) groups is 1. The molecule has 2 aliphatic heterocycles. The predicted molar refractivity (Wildman–Crippen MR) is 213 cm³/mol. The highest BCUT2D eigenvalue weighted by atomic mass is 16.7. The Bertz CT molecular complexity index is 2260. The third kappa shape index (κ3) is 8.74. The molecule has 0 saturated carbocycles. The number of amides is 2. The van der Waals surface area contributed by atoms with E-state index in [-0.39, 0.29) is 36.6 Å². The summed E-state index contributed by atoms with van der Waals surface area (Å²) >= 11 is 0. The number of aromatic nitrogens is 2. The summed E-state index contributed by atoms with van der Waals surface area (Å²) in [5.74, 6) is 0. The Hall–Kier alpha value is -5.52. The number of para-hydroxylation sites is 2. The zero-order valence-electron chi connectivity index (χ0n) is 30.8. The number of urea groups is 1. The van der Waals surface area contributed by atoms with E-state index in [0.717, 1.165) is 82.5 Å². The van der Waals surface area contributed by atoms with Crippen molar-refractivity contribution in [1.29, 1.82) is 0 Å². The average Bonchev–Trinajstić information content (AvgIpc) is 3.58. The monoisotopic (exact) mass is 737 g/mol. The van der Waals surface area contributed by atoms with E-state index in [4.69, 9.17) is 9.47 Å². The zero-order chi connectivity index (χ0) is 37.6. The van der Waals surface area contributed by atoms with Gasteiger partial charge in [0.15, 0.2) is 6.29 Å². The molecule has 3 heterocycles. The summed E-state index contributed by atoms with van der Waals surface area (Å²) in [6.45, 7) is 3.35. The minimum absolute atomic E-state index is 0.00764. The average molecular weight is 738 g/mol. The number of imidazole rings is 1. The van der Waals surface area contributed by atoms with Crippen LogP contribution in [0.15, 0.2) is 132 Å². The molecule has 0 bridgehead atoms. The summed E-state index contributed by atoms with van der Waals surface area (Å²) in [6, 6.07) is 42.1. The van der Waals surface area contributed by atoms with E-state index in [0.29, 0.717) is 19.5 Å². The quantitative estimate of drug-likeness (QED) is 0.110. The Morgan fingerprint density at radius 1 is 0.727 bits per heavy atom. The van der Waals surface area contributed by atoms with E-state index in [9.17, 15) is 14.7 Å². The second-order valence-corrected chi connectivity index (χ2v) is 14.5. The van der Waals surface area contributed by atoms with Crippen LogP contribution < -0.4 is 16.3 Å². The van der Waals surface area contributed by atoms with Crippen LogP contribution in [0.3, 0.4) is 0 Å². The van der Waals surface area contributed by atoms with Gasteiger partial charge in [-0.1, -0.05) is 103 Å². The molecule has 55 heavy (non-hydrogen) atoms. The molecule has 10 heteroatoms. The molecule has 2 amide bonds. The molecule has 0 spiro atoms. The molecule has 2 aliphatic rings. The van der Waals surface area contributed by atoms with Crippen molar-refractivity contribution in [3.05, 3.63) is 166 Å². The minimum atomic E-state index is -0.582. The molecule has 5 aromatic carbocycles. The Kier molecular flexibility index (Phi) is 11.2. The lowest BCUT2D eigenvalue weighted by Crippen LogP contribution is -2.43. The lowest BCUT2D eigenvalue weighted by molar-refractivity contribution is -0.253. The second-order valence-electron chi connectivity index (χ2n) is 14.5. The molecule has 1 aromatic heterocycles. The molecule has 0 aliphatic carbocycles. The summed E-state index contributed by atoms with van der Waals surface area (Å²) in [7, 11) is 0. The predicted octanol–water partition coefficient (Wildman–Crippen LogP) is 7.37. The zero-order valence-corrected chi connectivity index (χ0v) is 30.8. The SMILES string of the molecule is O=C(NCc1ccccc1)NCc1cccc(-c2cccc([C@H]3O[C@@H](CN4CCC(n5c(=O)[nH]c6ccccc65)CC4)C[C@@H](c4ccc(CO)cc4)O3)c2)c1. The molecule has 4 N–H and O–H groups in total. The number of hydrogen-bond donors (Lipinski definition) is 4. The number of fused-ring (bicyclic) bond motifs is 1. The smallest absolute Gasteiger partial charge is 0.326 e. The number of likely N-dealkylation sites (tertiary alicyclic amines) is 1. The van der Waals surface area contributed by atoms with Gasteiger partial charge in [0.25, 0.3) is 0 Å². The number of hydrogen-bond acceptors (Lipinski definition) is 6. The molecular weight excluding hydrogens is 691 g/mol. The number of carbonyl (C=O) groups excluding carboxylic acids is 1. The van der Waals surface area contributed by atoms with Crippen molar-refractivity contribution >= 4 is 17.1 Å². The van der Waals surface area contributed by atoms with Gasteiger partial charge in [0, 0.05) is 50.7 Å². The van der Waals surface area contributed by atoms with Crippen molar-refractivity contribution in [2.45, 2.75) is 63.5 Å². The van der Waals surface area contributed by atoms with E-state index in [1.165, 1.54) is 0 Å². The number of aliphatic hydroxyl groups is 1. The first-order valence-electron chi connectivity index (χ1n) is 19.2. The second kappa shape index (κ2) is 16.9. The molecule has 2 fully saturated rings. The normalized spacial score (nSPS) is 19.3. The Morgan fingerprint density at radius 3 is 2.20 bits per heavy atom. The first-order valence-corrected chi connectivity index (χ1v) is 19.2. The van der Waals surface area contributed by atoms with E-state index < -0.39 is 6.29 Å². The summed E-state index contributed by atoms with van der Waals surface area (Å²) in [5, 5.41) is 15.5. The van der Waals surface area contributed by atoms with Crippen LogP contribution in [-0.4, -0.2) is 51.3 Å². The Morgan fingerprint density at radius 2 is 1.42 bits per heavy atom. The van der Waals surface area contributed by atoms with Crippen LogP contribution in [0.1, 0.15) is 65.5 Å². The van der Waals surface area contributed by atoms with Crippen LogP contribution in [0.25, 0.3) is 22.2 Å². The van der Waals surface area contributed by atoms with Gasteiger partial charge in [-0.25, -0.2) is 9.59 Å². The number of aliphatic hydroxyl groups excluding tert-OH is 1. The molecule has 0 radical (unpaired) electrons. The minimum Gasteiger partial charge on any atom is -0.392 e. The van der Waals surface area contributed by atoms with Crippen molar-refractivity contribution in [1.82, 2.24) is 25.1 Å². The standard InChI is InChI=1S/C45H47N5O5/c51-30-32-16-18-34(19-17-32)42-26-39(29-49-22-20-38(21-23-49)50-41-15-5-4-14-40(41)48-45(50)53)54-43(55-42)37-13-7-12-36(25-37)35-11-6-10-33(24-35)28-47-44(52)46-27-31-8-2-1-3-9-31/h1-19,24-25,38-39,42-43,51H,20-23,26-30H2,(H,48,53)(H2,46,47,52)/t39-,42+,43+/m1/s1. The topological polar surface area (TPSA) is 121 Å². The lowest BCUT2D eigenvalue weighted by atomic mass is 9.97. The fraction of sp³-hybridized carbons (Fsp3) is 0.289. The van der Waals surface area contributed by atoms with Gasteiger partial charge in [0.05, 0.1) is 29.8 Å². The number of H-pyrrole nitrogens is 1. The highest BCUT2D eigenvalue weighted by Crippen LogP contribution is 2.39. The van der Waals surface area contributed by atoms with Crippen LogP contribution in [0.4, 0.5) is 4.79 Å². The number of benzene rings is 5. The van der Waals surface area contributed by atoms with Crippen molar-refractivity contribution in [3.63, 3.8) is 0 Å². The lowest BCUT2D eigenvalue weighted by Gasteiger charge is -2.40. The number of nitrogens with zero attached hydrogens (tertiary/aromatic N) is 2. The maximum absolute atomic E-state index is 12.9. The van der Waals surface area contributed by atoms with Gasteiger partial charge in [-0.15, -0.1) is 0 Å². The molecule has 2 saturated heterocycles. The summed E-state index contributed by atoms with van der Waals surface area (Å²) in [6.07, 6.45) is 1.61. The van der Waals surface area contributed by atoms with Crippen LogP contribution in [-0.2, 0) is 29.2 Å². The number of ether oxygens (including phenoxy) is 2.